The number of hydrogen-bond donors (Lipinski definition) is 1. The smallest absolute Gasteiger partial charge is 0.412 e. The third-order valence-electron chi connectivity index (χ3n) is 3.59. The van der Waals surface area contributed by atoms with Gasteiger partial charge in [-0.2, -0.15) is 31.6 Å². The fourth-order valence-corrected chi connectivity index (χ4v) is 4.06. The number of nitrogens with zero attached hydrogens (tertiary/aromatic N) is 4. The van der Waals surface area contributed by atoms with Crippen LogP contribution in [0.4, 0.5) is 26.3 Å². The van der Waals surface area contributed by atoms with Gasteiger partial charge in [0.25, 0.3) is 0 Å². The number of nitriles is 1. The van der Waals surface area contributed by atoms with Crippen LogP contribution >= 0.6 is 11.8 Å². The minimum Gasteiger partial charge on any atom is -0.412 e. The molecule has 16 heteroatoms. The van der Waals surface area contributed by atoms with Gasteiger partial charge in [-0.1, -0.05) is 0 Å². The van der Waals surface area contributed by atoms with Crippen molar-refractivity contribution >= 4 is 32.8 Å². The number of rotatable bonds is 4. The molecule has 8 nitrogen and oxygen atoms in total. The van der Waals surface area contributed by atoms with Crippen LogP contribution in [0.5, 0.6) is 0 Å². The zero-order valence-electron chi connectivity index (χ0n) is 14.6. The first-order chi connectivity index (χ1) is 14.2. The quantitative estimate of drug-likeness (QED) is 0.259. The fourth-order valence-electron chi connectivity index (χ4n) is 2.41. The molecule has 31 heavy (non-hydrogen) atoms. The molecule has 0 spiro atoms. The Balaban J connectivity index is 2.24. The third kappa shape index (κ3) is 4.82. The topological polar surface area (TPSA) is 121 Å². The number of hydrogen-bond acceptors (Lipinski definition) is 8. The number of thioether (sulfide) groups is 1. The maximum absolute atomic E-state index is 13.1. The average Bonchev–Trinajstić information content (AvgIpc) is 3.01. The molecule has 0 bridgehead atoms. The summed E-state index contributed by atoms with van der Waals surface area (Å²) in [7, 11) is -4.68. The number of halogens is 6. The Hall–Kier alpha value is -3.06. The van der Waals surface area contributed by atoms with E-state index in [-0.39, 0.29) is 33.1 Å². The van der Waals surface area contributed by atoms with E-state index < -0.39 is 61.1 Å². The van der Waals surface area contributed by atoms with E-state index in [1.54, 1.807) is 0 Å². The van der Waals surface area contributed by atoms with E-state index in [1.165, 1.54) is 6.07 Å². The predicted octanol–water partition coefficient (Wildman–Crippen LogP) is 3.34. The fraction of sp³-hybridized carbons (Fsp3) is 0.200. The summed E-state index contributed by atoms with van der Waals surface area (Å²) in [6.45, 7) is 0. The summed E-state index contributed by atoms with van der Waals surface area (Å²) in [5, 5.41) is 18.7. The van der Waals surface area contributed by atoms with Gasteiger partial charge in [0.2, 0.25) is 11.9 Å². The highest BCUT2D eigenvalue weighted by Crippen LogP contribution is 2.38. The maximum Gasteiger partial charge on any atom is 0.446 e. The van der Waals surface area contributed by atoms with Crippen molar-refractivity contribution in [3.8, 4) is 17.7 Å². The molecule has 0 aliphatic rings. The highest BCUT2D eigenvalue weighted by molar-refractivity contribution is 8.00. The second-order valence-corrected chi connectivity index (χ2v) is 8.86. The Morgan fingerprint density at radius 1 is 1.23 bits per heavy atom. The molecular weight excluding hydrogens is 478 g/mol. The van der Waals surface area contributed by atoms with E-state index in [1.807, 2.05) is 0 Å². The van der Waals surface area contributed by atoms with Gasteiger partial charge in [-0.15, -0.1) is 0 Å². The number of oxazole rings is 1. The first-order valence-electron chi connectivity index (χ1n) is 7.70. The van der Waals surface area contributed by atoms with Crippen LogP contribution in [-0.2, 0) is 16.0 Å². The first kappa shape index (κ1) is 22.6. The molecule has 0 saturated heterocycles. The second-order valence-electron chi connectivity index (χ2n) is 5.76. The first-order valence-corrected chi connectivity index (χ1v) is 10.2. The van der Waals surface area contributed by atoms with Gasteiger partial charge in [-0.25, -0.2) is 18.4 Å². The summed E-state index contributed by atoms with van der Waals surface area (Å²) >= 11 is -0.513. The van der Waals surface area contributed by atoms with Crippen molar-refractivity contribution in [1.29, 1.82) is 5.26 Å². The molecule has 164 valence electrons. The molecule has 0 amide bonds. The summed E-state index contributed by atoms with van der Waals surface area (Å²) in [6.07, 6.45) is -4.11. The number of aromatic nitrogens is 3. The van der Waals surface area contributed by atoms with Crippen molar-refractivity contribution in [3.05, 3.63) is 30.1 Å². The minimum absolute atomic E-state index is 0.147. The monoisotopic (exact) mass is 485 g/mol. The van der Waals surface area contributed by atoms with E-state index in [0.29, 0.717) is 0 Å². The molecule has 0 aliphatic heterocycles. The highest BCUT2D eigenvalue weighted by atomic mass is 32.2. The molecule has 0 radical (unpaired) electrons. The summed E-state index contributed by atoms with van der Waals surface area (Å²) in [5.41, 5.74) is -7.71. The van der Waals surface area contributed by atoms with Gasteiger partial charge in [0.1, 0.15) is 16.8 Å². The van der Waals surface area contributed by atoms with Crippen molar-refractivity contribution in [3.63, 3.8) is 0 Å². The van der Waals surface area contributed by atoms with Gasteiger partial charge in [0.05, 0.1) is 6.07 Å². The Morgan fingerprint density at radius 3 is 2.48 bits per heavy atom. The van der Waals surface area contributed by atoms with Gasteiger partial charge >= 0.3 is 23.3 Å². The molecule has 0 saturated carbocycles. The lowest BCUT2D eigenvalue weighted by molar-refractivity contribution is -0.898. The van der Waals surface area contributed by atoms with Crippen LogP contribution in [0, 0.1) is 11.3 Å². The molecule has 1 N–H and O–H groups in total. The van der Waals surface area contributed by atoms with E-state index >= 15 is 0 Å². The molecule has 3 aromatic heterocycles. The molecule has 0 aromatic carbocycles. The van der Waals surface area contributed by atoms with E-state index in [0.717, 1.165) is 12.3 Å². The highest BCUT2D eigenvalue weighted by Gasteiger charge is 2.41. The summed E-state index contributed by atoms with van der Waals surface area (Å²) in [6, 6.07) is 2.37. The van der Waals surface area contributed by atoms with Crippen LogP contribution in [-0.4, -0.2) is 34.9 Å². The summed E-state index contributed by atoms with van der Waals surface area (Å²) in [5.74, 6) is -1.98. The molecule has 3 aromatic rings. The van der Waals surface area contributed by atoms with Crippen LogP contribution in [0.25, 0.3) is 22.8 Å². The number of sulfone groups is 1. The van der Waals surface area contributed by atoms with Crippen molar-refractivity contribution < 1.29 is 49.1 Å². The van der Waals surface area contributed by atoms with Gasteiger partial charge < -0.3 is 4.42 Å². The number of pyridine rings is 2. The molecule has 0 fully saturated rings. The van der Waals surface area contributed by atoms with Crippen LogP contribution < -0.4 is 4.73 Å². The molecule has 0 aliphatic carbocycles. The molecule has 3 rings (SSSR count). The SMILES string of the molecule is N#CCS(=O)(=O)c1cc(C(F)(F)F)c[n+](O)c1-c1nc2cc(SC(F)(F)F)cnc2o1. The lowest BCUT2D eigenvalue weighted by atomic mass is 10.2. The van der Waals surface area contributed by atoms with Crippen molar-refractivity contribution in [2.45, 2.75) is 21.5 Å². The van der Waals surface area contributed by atoms with E-state index in [9.17, 15) is 40.0 Å². The van der Waals surface area contributed by atoms with Crippen molar-refractivity contribution in [1.82, 2.24) is 9.97 Å². The average molecular weight is 485 g/mol. The van der Waals surface area contributed by atoms with Gasteiger partial charge in [-0.05, 0) is 23.9 Å². The zero-order chi connectivity index (χ0) is 23.2. The van der Waals surface area contributed by atoms with Crippen LogP contribution in [0.1, 0.15) is 5.56 Å². The lowest BCUT2D eigenvalue weighted by Crippen LogP contribution is -2.36. The standard InChI is InChI=1S/C15H7F6N4O4S2/c16-14(17,18)7-3-10(31(27,28)2-1-22)11(25(26)6-7)13-24-9-4-8(30-15(19,20)21)5-23-12(9)29-13/h3-6,26H,2H2/q+1. The number of alkyl halides is 6. The van der Waals surface area contributed by atoms with Crippen molar-refractivity contribution in [2.75, 3.05) is 5.75 Å². The van der Waals surface area contributed by atoms with E-state index in [2.05, 4.69) is 9.97 Å². The maximum atomic E-state index is 13.1. The van der Waals surface area contributed by atoms with Crippen molar-refractivity contribution in [2.24, 2.45) is 0 Å². The Bertz CT molecular complexity index is 1310. The van der Waals surface area contributed by atoms with Gasteiger partial charge in [-0.3, -0.25) is 5.21 Å². The lowest BCUT2D eigenvalue weighted by Gasteiger charge is -2.08. The van der Waals surface area contributed by atoms with E-state index in [4.69, 9.17) is 9.68 Å². The van der Waals surface area contributed by atoms with Gasteiger partial charge in [0.15, 0.2) is 14.7 Å². The normalized spacial score (nSPS) is 12.8. The Kier molecular flexibility index (Phi) is 5.52. The minimum atomic E-state index is -5.05. The molecule has 3 heterocycles. The van der Waals surface area contributed by atoms with Crippen LogP contribution in [0.3, 0.4) is 0 Å². The Morgan fingerprint density at radius 2 is 1.90 bits per heavy atom. The second kappa shape index (κ2) is 7.57. The summed E-state index contributed by atoms with van der Waals surface area (Å²) < 4.78 is 106. The third-order valence-corrected chi connectivity index (χ3v) is 5.77. The molecule has 0 atom stereocenters. The van der Waals surface area contributed by atoms with Crippen LogP contribution in [0.2, 0.25) is 0 Å². The largest absolute Gasteiger partial charge is 0.446 e. The number of fused-ring (bicyclic) bond motifs is 1. The van der Waals surface area contributed by atoms with Crippen LogP contribution in [0.15, 0.2) is 38.7 Å². The molecule has 0 unspecified atom stereocenters. The predicted molar refractivity (Wildman–Crippen MR) is 89.2 cm³/mol. The zero-order valence-corrected chi connectivity index (χ0v) is 16.2. The summed E-state index contributed by atoms with van der Waals surface area (Å²) in [4.78, 5) is 5.83. The van der Waals surface area contributed by atoms with Gasteiger partial charge in [0, 0.05) is 15.8 Å². The Labute approximate surface area is 172 Å². The molecular formula is C15H7F6N4O4S2+.